The molecule has 27 heavy (non-hydrogen) atoms. The number of anilines is 1. The first-order valence-electron chi connectivity index (χ1n) is 9.31. The number of nitrogens with zero attached hydrogens (tertiary/aromatic N) is 1. The monoisotopic (exact) mass is 367 g/mol. The molecule has 0 saturated carbocycles. The molecule has 0 aliphatic heterocycles. The van der Waals surface area contributed by atoms with Gasteiger partial charge in [-0.3, -0.25) is 9.59 Å². The topological polar surface area (TPSA) is 70.6 Å². The van der Waals surface area contributed by atoms with Crippen LogP contribution in [0.5, 0.6) is 0 Å². The summed E-state index contributed by atoms with van der Waals surface area (Å²) in [6, 6.07) is 5.75. The predicted octanol–water partition coefficient (Wildman–Crippen LogP) is 4.43. The second-order valence-electron chi connectivity index (χ2n) is 7.31. The molecule has 5 heteroatoms. The largest absolute Gasteiger partial charge is 0.326 e. The second kappa shape index (κ2) is 9.31. The van der Waals surface area contributed by atoms with Gasteiger partial charge in [0.25, 0.3) is 0 Å². The van der Waals surface area contributed by atoms with Crippen molar-refractivity contribution in [3.8, 4) is 0 Å². The van der Waals surface area contributed by atoms with E-state index in [0.29, 0.717) is 5.92 Å². The molecule has 1 aliphatic rings. The van der Waals surface area contributed by atoms with Gasteiger partial charge in [-0.05, 0) is 75.3 Å². The van der Waals surface area contributed by atoms with Crippen molar-refractivity contribution in [2.24, 2.45) is 11.0 Å². The molecule has 0 radical (unpaired) electrons. The lowest BCUT2D eigenvalue weighted by Crippen LogP contribution is -2.24. The van der Waals surface area contributed by atoms with Crippen LogP contribution in [0.1, 0.15) is 50.7 Å². The van der Waals surface area contributed by atoms with Gasteiger partial charge in [0.2, 0.25) is 11.8 Å². The summed E-state index contributed by atoms with van der Waals surface area (Å²) in [6.45, 7) is 12.0. The number of allylic oxidation sites excluding steroid dienone is 3. The molecule has 2 rings (SSSR count). The van der Waals surface area contributed by atoms with E-state index >= 15 is 0 Å². The molecule has 2 amide bonds. The summed E-state index contributed by atoms with van der Waals surface area (Å²) in [4.78, 5) is 24.1. The van der Waals surface area contributed by atoms with Gasteiger partial charge in [0.1, 0.15) is 0 Å². The fourth-order valence-electron chi connectivity index (χ4n) is 2.88. The Balaban J connectivity index is 1.82. The summed E-state index contributed by atoms with van der Waals surface area (Å²) >= 11 is 0. The third-order valence-corrected chi connectivity index (χ3v) is 4.99. The van der Waals surface area contributed by atoms with Crippen molar-refractivity contribution in [1.82, 2.24) is 5.43 Å². The van der Waals surface area contributed by atoms with Gasteiger partial charge in [0, 0.05) is 18.5 Å². The number of carbonyl (C=O) groups excluding carboxylic acids is 2. The van der Waals surface area contributed by atoms with Crippen LogP contribution in [-0.4, -0.2) is 17.5 Å². The first-order chi connectivity index (χ1) is 12.8. The fraction of sp³-hybridized carbons (Fsp3) is 0.409. The van der Waals surface area contributed by atoms with Crippen molar-refractivity contribution in [2.75, 3.05) is 5.32 Å². The van der Waals surface area contributed by atoms with Gasteiger partial charge < -0.3 is 5.32 Å². The Bertz CT molecular complexity index is 806. The highest BCUT2D eigenvalue weighted by atomic mass is 16.2. The van der Waals surface area contributed by atoms with Crippen LogP contribution in [0.15, 0.2) is 47.1 Å². The van der Waals surface area contributed by atoms with Crippen molar-refractivity contribution in [3.63, 3.8) is 0 Å². The van der Waals surface area contributed by atoms with E-state index in [2.05, 4.69) is 28.5 Å². The van der Waals surface area contributed by atoms with Gasteiger partial charge in [-0.1, -0.05) is 24.3 Å². The van der Waals surface area contributed by atoms with E-state index in [1.54, 1.807) is 0 Å². The summed E-state index contributed by atoms with van der Waals surface area (Å²) in [7, 11) is 0. The van der Waals surface area contributed by atoms with Gasteiger partial charge in [-0.15, -0.1) is 0 Å². The highest BCUT2D eigenvalue weighted by Gasteiger charge is 2.18. The van der Waals surface area contributed by atoms with E-state index in [4.69, 9.17) is 0 Å². The van der Waals surface area contributed by atoms with Crippen molar-refractivity contribution >= 4 is 23.2 Å². The Labute approximate surface area is 161 Å². The van der Waals surface area contributed by atoms with E-state index in [0.717, 1.165) is 41.0 Å². The van der Waals surface area contributed by atoms with Crippen LogP contribution in [-0.2, 0) is 9.59 Å². The number of hydrogen-bond acceptors (Lipinski definition) is 3. The lowest BCUT2D eigenvalue weighted by atomic mass is 9.85. The van der Waals surface area contributed by atoms with Gasteiger partial charge in [0.15, 0.2) is 0 Å². The van der Waals surface area contributed by atoms with Crippen LogP contribution in [0, 0.1) is 19.8 Å². The Hall–Kier alpha value is -2.69. The summed E-state index contributed by atoms with van der Waals surface area (Å²) in [6.07, 6.45) is 4.09. The van der Waals surface area contributed by atoms with E-state index in [-0.39, 0.29) is 24.7 Å². The maximum atomic E-state index is 12.0. The normalized spacial score (nSPS) is 18.0. The van der Waals surface area contributed by atoms with E-state index in [1.165, 1.54) is 5.56 Å². The average molecular weight is 367 g/mol. The highest BCUT2D eigenvalue weighted by molar-refractivity contribution is 6.01. The molecule has 0 saturated heterocycles. The second-order valence-corrected chi connectivity index (χ2v) is 7.31. The molecular weight excluding hydrogens is 338 g/mol. The minimum atomic E-state index is -0.261. The smallest absolute Gasteiger partial charge is 0.240 e. The van der Waals surface area contributed by atoms with Crippen molar-refractivity contribution < 1.29 is 9.59 Å². The molecule has 5 nitrogen and oxygen atoms in total. The fourth-order valence-corrected chi connectivity index (χ4v) is 2.88. The van der Waals surface area contributed by atoms with Crippen molar-refractivity contribution in [1.29, 1.82) is 0 Å². The van der Waals surface area contributed by atoms with Crippen LogP contribution < -0.4 is 10.7 Å². The SMILES string of the molecule is C=C(C)[C@H]1CC=C(C)/C(=N\NC(=O)CCC(=O)Nc2ccc(C)c(C)c2)C1. The van der Waals surface area contributed by atoms with Crippen LogP contribution in [0.4, 0.5) is 5.69 Å². The minimum absolute atomic E-state index is 0.0974. The van der Waals surface area contributed by atoms with E-state index in [9.17, 15) is 9.59 Å². The maximum Gasteiger partial charge on any atom is 0.240 e. The highest BCUT2D eigenvalue weighted by Crippen LogP contribution is 2.26. The zero-order valence-electron chi connectivity index (χ0n) is 16.7. The maximum absolute atomic E-state index is 12.0. The third kappa shape index (κ3) is 6.20. The summed E-state index contributed by atoms with van der Waals surface area (Å²) < 4.78 is 0. The number of hydrazone groups is 1. The Morgan fingerprint density at radius 2 is 1.85 bits per heavy atom. The summed E-state index contributed by atoms with van der Waals surface area (Å²) in [5.41, 5.74) is 8.70. The van der Waals surface area contributed by atoms with Crippen molar-refractivity contribution in [3.05, 3.63) is 53.1 Å². The summed E-state index contributed by atoms with van der Waals surface area (Å²) in [5, 5.41) is 7.08. The molecule has 2 N–H and O–H groups in total. The number of nitrogens with one attached hydrogen (secondary N) is 2. The lowest BCUT2D eigenvalue weighted by Gasteiger charge is -2.22. The van der Waals surface area contributed by atoms with Gasteiger partial charge in [-0.25, -0.2) is 5.43 Å². The Morgan fingerprint density at radius 1 is 1.15 bits per heavy atom. The lowest BCUT2D eigenvalue weighted by molar-refractivity contribution is -0.124. The molecule has 0 bridgehead atoms. The number of rotatable bonds is 6. The quantitative estimate of drug-likeness (QED) is 0.577. The van der Waals surface area contributed by atoms with Crippen LogP contribution in [0.2, 0.25) is 0 Å². The number of benzene rings is 1. The van der Waals surface area contributed by atoms with Crippen LogP contribution in [0.3, 0.4) is 0 Å². The first-order valence-corrected chi connectivity index (χ1v) is 9.31. The standard InChI is InChI=1S/C22H29N3O2/c1-14(2)18-8-6-16(4)20(13-18)24-25-22(27)11-10-21(26)23-19-9-7-15(3)17(5)12-19/h6-7,9,12,18H,1,8,10-11,13H2,2-5H3,(H,23,26)(H,25,27)/b24-20-/t18-/m0/s1. The van der Waals surface area contributed by atoms with Crippen molar-refractivity contribution in [2.45, 2.75) is 53.4 Å². The number of amides is 2. The molecule has 0 fully saturated rings. The molecule has 144 valence electrons. The van der Waals surface area contributed by atoms with Crippen LogP contribution >= 0.6 is 0 Å². The molecule has 1 aliphatic carbocycles. The molecule has 0 aromatic heterocycles. The van der Waals surface area contributed by atoms with Gasteiger partial charge in [-0.2, -0.15) is 5.10 Å². The molecule has 1 aromatic rings. The summed E-state index contributed by atoms with van der Waals surface area (Å²) in [5.74, 6) is -0.0757. The molecule has 1 atom stereocenters. The Morgan fingerprint density at radius 3 is 2.52 bits per heavy atom. The van der Waals surface area contributed by atoms with Gasteiger partial charge in [0.05, 0.1) is 5.71 Å². The molecule has 1 aromatic carbocycles. The van der Waals surface area contributed by atoms with E-state index < -0.39 is 0 Å². The molecular formula is C22H29N3O2. The minimum Gasteiger partial charge on any atom is -0.326 e. The van der Waals surface area contributed by atoms with Gasteiger partial charge >= 0.3 is 0 Å². The number of carbonyl (C=O) groups is 2. The zero-order chi connectivity index (χ0) is 20.0. The molecule has 0 heterocycles. The zero-order valence-corrected chi connectivity index (χ0v) is 16.7. The van der Waals surface area contributed by atoms with E-state index in [1.807, 2.05) is 45.9 Å². The predicted molar refractivity (Wildman–Crippen MR) is 111 cm³/mol. The first kappa shape index (κ1) is 20.6. The number of aryl methyl sites for hydroxylation is 2. The Kier molecular flexibility index (Phi) is 7.11. The molecule has 0 unspecified atom stereocenters. The number of hydrogen-bond donors (Lipinski definition) is 2. The molecule has 0 spiro atoms. The average Bonchev–Trinajstić information content (AvgIpc) is 2.62. The van der Waals surface area contributed by atoms with Crippen LogP contribution in [0.25, 0.3) is 0 Å². The third-order valence-electron chi connectivity index (χ3n) is 4.99.